The fourth-order valence-corrected chi connectivity index (χ4v) is 3.95. The predicted molar refractivity (Wildman–Crippen MR) is 113 cm³/mol. The fourth-order valence-electron chi connectivity index (χ4n) is 3.05. The molecule has 1 aromatic carbocycles. The van der Waals surface area contributed by atoms with Crippen LogP contribution >= 0.6 is 11.3 Å². The normalized spacial score (nSPS) is 14.3. The minimum atomic E-state index is -0.473. The second-order valence-electron chi connectivity index (χ2n) is 8.45. The summed E-state index contributed by atoms with van der Waals surface area (Å²) in [7, 11) is 0. The molecule has 0 saturated carbocycles. The first-order valence-corrected chi connectivity index (χ1v) is 10.5. The van der Waals surface area contributed by atoms with Crippen LogP contribution in [-0.2, 0) is 6.42 Å². The van der Waals surface area contributed by atoms with E-state index in [1.54, 1.807) is 0 Å². The summed E-state index contributed by atoms with van der Waals surface area (Å²) in [4.78, 5) is 1.48. The highest BCUT2D eigenvalue weighted by atomic mass is 32.1. The number of rotatable bonds is 8. The minimum Gasteiger partial charge on any atom is -0.491 e. The number of hydrogen-bond acceptors (Lipinski definition) is 3. The Morgan fingerprint density at radius 1 is 1.15 bits per heavy atom. The number of aryl methyl sites for hydroxylation is 3. The summed E-state index contributed by atoms with van der Waals surface area (Å²) in [6.07, 6.45) is 3.00. The Morgan fingerprint density at radius 2 is 1.88 bits per heavy atom. The van der Waals surface area contributed by atoms with E-state index in [0.717, 1.165) is 24.2 Å². The van der Waals surface area contributed by atoms with Gasteiger partial charge < -0.3 is 9.84 Å². The fraction of sp³-hybridized carbons (Fsp3) is 0.565. The summed E-state index contributed by atoms with van der Waals surface area (Å²) >= 11 is 1.87. The standard InChI is InChI=1S/C23H34O2S/c1-7-18(8-10-20-12-16(2)15-26-20)19-9-11-21(17(3)13-19)25-14-22(24)23(4,5)6/h9,11-13,15,18,22,24H,7-8,10,14H2,1-6H3. The Bertz CT molecular complexity index is 696. The third-order valence-electron chi connectivity index (χ3n) is 5.08. The van der Waals surface area contributed by atoms with Crippen molar-refractivity contribution in [3.63, 3.8) is 0 Å². The molecule has 26 heavy (non-hydrogen) atoms. The lowest BCUT2D eigenvalue weighted by Gasteiger charge is -2.26. The molecule has 1 N–H and O–H groups in total. The molecular weight excluding hydrogens is 340 g/mol. The molecule has 0 saturated heterocycles. The molecule has 0 fully saturated rings. The van der Waals surface area contributed by atoms with E-state index in [0.29, 0.717) is 12.5 Å². The lowest BCUT2D eigenvalue weighted by atomic mass is 9.89. The molecule has 1 aromatic heterocycles. The van der Waals surface area contributed by atoms with Crippen molar-refractivity contribution in [1.29, 1.82) is 0 Å². The van der Waals surface area contributed by atoms with Crippen LogP contribution in [0.2, 0.25) is 0 Å². The van der Waals surface area contributed by atoms with Gasteiger partial charge in [0.2, 0.25) is 0 Å². The van der Waals surface area contributed by atoms with Crippen molar-refractivity contribution in [3.8, 4) is 5.75 Å². The van der Waals surface area contributed by atoms with Crippen molar-refractivity contribution < 1.29 is 9.84 Å². The number of benzene rings is 1. The van der Waals surface area contributed by atoms with E-state index >= 15 is 0 Å². The van der Waals surface area contributed by atoms with Crippen molar-refractivity contribution >= 4 is 11.3 Å². The van der Waals surface area contributed by atoms with Gasteiger partial charge in [-0.3, -0.25) is 0 Å². The molecule has 0 aliphatic heterocycles. The van der Waals surface area contributed by atoms with Gasteiger partial charge in [-0.15, -0.1) is 11.3 Å². The van der Waals surface area contributed by atoms with Gasteiger partial charge in [0.05, 0.1) is 6.10 Å². The van der Waals surface area contributed by atoms with Crippen LogP contribution in [0.4, 0.5) is 0 Å². The quantitative estimate of drug-likeness (QED) is 0.589. The largest absolute Gasteiger partial charge is 0.491 e. The average Bonchev–Trinajstić information content (AvgIpc) is 2.98. The SMILES string of the molecule is CCC(CCc1cc(C)cs1)c1ccc(OCC(O)C(C)(C)C)c(C)c1. The van der Waals surface area contributed by atoms with Gasteiger partial charge in [-0.2, -0.15) is 0 Å². The van der Waals surface area contributed by atoms with Gasteiger partial charge >= 0.3 is 0 Å². The average molecular weight is 375 g/mol. The summed E-state index contributed by atoms with van der Waals surface area (Å²) < 4.78 is 5.88. The first-order valence-electron chi connectivity index (χ1n) is 9.66. The van der Waals surface area contributed by atoms with Crippen LogP contribution in [-0.4, -0.2) is 17.8 Å². The van der Waals surface area contributed by atoms with E-state index in [-0.39, 0.29) is 5.41 Å². The van der Waals surface area contributed by atoms with E-state index in [4.69, 9.17) is 4.74 Å². The molecule has 2 rings (SSSR count). The summed E-state index contributed by atoms with van der Waals surface area (Å²) in [5.41, 5.74) is 3.74. The summed E-state index contributed by atoms with van der Waals surface area (Å²) in [5, 5.41) is 12.4. The Labute approximate surface area is 163 Å². The second-order valence-corrected chi connectivity index (χ2v) is 9.45. The van der Waals surface area contributed by atoms with Crippen LogP contribution < -0.4 is 4.74 Å². The van der Waals surface area contributed by atoms with E-state index in [1.807, 2.05) is 32.1 Å². The van der Waals surface area contributed by atoms with Crippen molar-refractivity contribution in [2.24, 2.45) is 5.41 Å². The molecule has 2 nitrogen and oxygen atoms in total. The first kappa shape index (κ1) is 21.0. The molecule has 3 heteroatoms. The van der Waals surface area contributed by atoms with E-state index in [2.05, 4.69) is 50.4 Å². The van der Waals surface area contributed by atoms with Crippen molar-refractivity contribution in [3.05, 3.63) is 51.2 Å². The highest BCUT2D eigenvalue weighted by molar-refractivity contribution is 7.10. The molecular formula is C23H34O2S. The van der Waals surface area contributed by atoms with Gasteiger partial charge in [-0.05, 0) is 78.6 Å². The molecule has 1 heterocycles. The van der Waals surface area contributed by atoms with Gasteiger partial charge in [0, 0.05) is 4.88 Å². The van der Waals surface area contributed by atoms with Gasteiger partial charge in [-0.25, -0.2) is 0 Å². The Balaban J connectivity index is 1.99. The summed E-state index contributed by atoms with van der Waals surface area (Å²) in [5.74, 6) is 1.45. The van der Waals surface area contributed by atoms with Crippen LogP contribution in [0.3, 0.4) is 0 Å². The smallest absolute Gasteiger partial charge is 0.122 e. The highest BCUT2D eigenvalue weighted by Gasteiger charge is 2.23. The molecule has 2 unspecified atom stereocenters. The number of aliphatic hydroxyl groups excluding tert-OH is 1. The summed E-state index contributed by atoms with van der Waals surface area (Å²) in [6.45, 7) is 12.9. The second kappa shape index (κ2) is 9.05. The summed E-state index contributed by atoms with van der Waals surface area (Å²) in [6, 6.07) is 8.82. The topological polar surface area (TPSA) is 29.5 Å². The van der Waals surface area contributed by atoms with Crippen LogP contribution in [0.25, 0.3) is 0 Å². The molecule has 2 aromatic rings. The lowest BCUT2D eigenvalue weighted by molar-refractivity contribution is 0.0216. The lowest BCUT2D eigenvalue weighted by Crippen LogP contribution is -2.32. The molecule has 0 spiro atoms. The number of aliphatic hydroxyl groups is 1. The first-order chi connectivity index (χ1) is 12.2. The van der Waals surface area contributed by atoms with Gasteiger partial charge in [0.1, 0.15) is 12.4 Å². The molecule has 0 amide bonds. The molecule has 0 radical (unpaired) electrons. The van der Waals surface area contributed by atoms with Crippen LogP contribution in [0, 0.1) is 19.3 Å². The minimum absolute atomic E-state index is 0.165. The molecule has 0 aliphatic carbocycles. The van der Waals surface area contributed by atoms with Gasteiger partial charge in [0.15, 0.2) is 0 Å². The van der Waals surface area contributed by atoms with Gasteiger partial charge in [0.25, 0.3) is 0 Å². The molecule has 144 valence electrons. The molecule has 2 atom stereocenters. The zero-order chi connectivity index (χ0) is 19.3. The van der Waals surface area contributed by atoms with E-state index in [9.17, 15) is 5.11 Å². The third-order valence-corrected chi connectivity index (χ3v) is 6.20. The molecule has 0 aliphatic rings. The van der Waals surface area contributed by atoms with Crippen LogP contribution in [0.1, 0.15) is 68.0 Å². The third kappa shape index (κ3) is 5.85. The van der Waals surface area contributed by atoms with Crippen LogP contribution in [0.5, 0.6) is 5.75 Å². The highest BCUT2D eigenvalue weighted by Crippen LogP contribution is 2.30. The number of hydrogen-bond donors (Lipinski definition) is 1. The zero-order valence-electron chi connectivity index (χ0n) is 17.1. The Kier molecular flexibility index (Phi) is 7.31. The maximum Gasteiger partial charge on any atom is 0.122 e. The Hall–Kier alpha value is -1.32. The number of thiophene rings is 1. The number of ether oxygens (including phenoxy) is 1. The maximum atomic E-state index is 10.2. The van der Waals surface area contributed by atoms with Gasteiger partial charge in [-0.1, -0.05) is 39.8 Å². The van der Waals surface area contributed by atoms with Crippen molar-refractivity contribution in [2.45, 2.75) is 72.8 Å². The predicted octanol–water partition coefficient (Wildman–Crippen LogP) is 6.28. The maximum absolute atomic E-state index is 10.2. The monoisotopic (exact) mass is 374 g/mol. The van der Waals surface area contributed by atoms with E-state index in [1.165, 1.54) is 22.4 Å². The van der Waals surface area contributed by atoms with Crippen molar-refractivity contribution in [1.82, 2.24) is 0 Å². The van der Waals surface area contributed by atoms with Crippen LogP contribution in [0.15, 0.2) is 29.6 Å². The van der Waals surface area contributed by atoms with E-state index < -0.39 is 6.10 Å². The molecule has 0 bridgehead atoms. The zero-order valence-corrected chi connectivity index (χ0v) is 18.0. The van der Waals surface area contributed by atoms with Crippen molar-refractivity contribution in [2.75, 3.05) is 6.61 Å². The Morgan fingerprint density at radius 3 is 2.42 bits per heavy atom.